The molecule has 0 heterocycles. The summed E-state index contributed by atoms with van der Waals surface area (Å²) in [5, 5.41) is 15.6. The fourth-order valence-corrected chi connectivity index (χ4v) is 2.27. The molecule has 112 valence electrons. The number of aryl methyl sites for hydroxylation is 1. The van der Waals surface area contributed by atoms with Gasteiger partial charge in [-0.3, -0.25) is 4.79 Å². The normalized spacial score (nSPS) is 9.86. The Morgan fingerprint density at radius 3 is 2.73 bits per heavy atom. The molecule has 0 saturated carbocycles. The summed E-state index contributed by atoms with van der Waals surface area (Å²) in [7, 11) is 0. The number of para-hydroxylation sites is 1. The average Bonchev–Trinajstić information content (AvgIpc) is 2.50. The van der Waals surface area contributed by atoms with Crippen LogP contribution in [0.2, 0.25) is 5.02 Å². The molecule has 0 spiro atoms. The van der Waals surface area contributed by atoms with Gasteiger partial charge in [0.2, 0.25) is 5.91 Å². The third-order valence-corrected chi connectivity index (χ3v) is 3.41. The molecule has 2 rings (SSSR count). The highest BCUT2D eigenvalue weighted by molar-refractivity contribution is 6.30. The Morgan fingerprint density at radius 1 is 1.23 bits per heavy atom. The summed E-state index contributed by atoms with van der Waals surface area (Å²) < 4.78 is 0. The second-order valence-corrected chi connectivity index (χ2v) is 5.28. The number of nitrogens with one attached hydrogen (secondary N) is 2. The van der Waals surface area contributed by atoms with E-state index in [1.807, 2.05) is 19.1 Å². The molecule has 0 atom stereocenters. The monoisotopic (exact) mass is 313 g/mol. The molecule has 0 bridgehead atoms. The van der Waals surface area contributed by atoms with Gasteiger partial charge in [-0.15, -0.1) is 0 Å². The Labute approximate surface area is 134 Å². The van der Waals surface area contributed by atoms with Gasteiger partial charge >= 0.3 is 0 Å². The van der Waals surface area contributed by atoms with E-state index >= 15 is 0 Å². The molecule has 0 aromatic heterocycles. The van der Waals surface area contributed by atoms with Gasteiger partial charge in [-0.2, -0.15) is 5.26 Å². The molecule has 4 nitrogen and oxygen atoms in total. The zero-order valence-electron chi connectivity index (χ0n) is 12.2. The summed E-state index contributed by atoms with van der Waals surface area (Å²) in [6.45, 7) is 2.46. The minimum absolute atomic E-state index is 0.137. The summed E-state index contributed by atoms with van der Waals surface area (Å²) in [4.78, 5) is 11.9. The van der Waals surface area contributed by atoms with Crippen molar-refractivity contribution < 1.29 is 4.79 Å². The van der Waals surface area contributed by atoms with Gasteiger partial charge < -0.3 is 10.6 Å². The van der Waals surface area contributed by atoms with Gasteiger partial charge in [0, 0.05) is 23.7 Å². The summed E-state index contributed by atoms with van der Waals surface area (Å²) in [5.74, 6) is -0.137. The Kier molecular flexibility index (Phi) is 5.40. The van der Waals surface area contributed by atoms with E-state index in [2.05, 4.69) is 16.7 Å². The van der Waals surface area contributed by atoms with Crippen molar-refractivity contribution in [2.24, 2.45) is 0 Å². The van der Waals surface area contributed by atoms with E-state index in [1.165, 1.54) is 0 Å². The first-order valence-corrected chi connectivity index (χ1v) is 7.27. The SMILES string of the molecule is Cc1cc(Cl)ccc1NCCC(=O)Nc1ccccc1C#N. The number of hydrogen-bond donors (Lipinski definition) is 2. The Morgan fingerprint density at radius 2 is 2.00 bits per heavy atom. The van der Waals surface area contributed by atoms with Crippen LogP contribution < -0.4 is 10.6 Å². The quantitative estimate of drug-likeness (QED) is 0.878. The molecule has 0 saturated heterocycles. The highest BCUT2D eigenvalue weighted by Crippen LogP contribution is 2.19. The van der Waals surface area contributed by atoms with E-state index < -0.39 is 0 Å². The Hall–Kier alpha value is -2.51. The number of hydrogen-bond acceptors (Lipinski definition) is 3. The summed E-state index contributed by atoms with van der Waals surface area (Å²) >= 11 is 5.90. The van der Waals surface area contributed by atoms with Crippen molar-refractivity contribution >= 4 is 28.9 Å². The van der Waals surface area contributed by atoms with Gasteiger partial charge in [0.25, 0.3) is 0 Å². The molecule has 1 amide bonds. The van der Waals surface area contributed by atoms with Gasteiger partial charge in [-0.1, -0.05) is 23.7 Å². The van der Waals surface area contributed by atoms with Crippen molar-refractivity contribution in [3.8, 4) is 6.07 Å². The van der Waals surface area contributed by atoms with Crippen LogP contribution in [-0.2, 0) is 4.79 Å². The molecule has 0 aliphatic heterocycles. The van der Waals surface area contributed by atoms with Crippen LogP contribution in [0.3, 0.4) is 0 Å². The average molecular weight is 314 g/mol. The molecule has 2 N–H and O–H groups in total. The van der Waals surface area contributed by atoms with Crippen molar-refractivity contribution in [2.75, 3.05) is 17.2 Å². The van der Waals surface area contributed by atoms with Crippen molar-refractivity contribution in [3.05, 3.63) is 58.6 Å². The summed E-state index contributed by atoms with van der Waals surface area (Å²) in [6.07, 6.45) is 0.307. The first-order valence-electron chi connectivity index (χ1n) is 6.89. The lowest BCUT2D eigenvalue weighted by Crippen LogP contribution is -2.17. The second-order valence-electron chi connectivity index (χ2n) is 4.84. The van der Waals surface area contributed by atoms with Crippen LogP contribution in [0.25, 0.3) is 0 Å². The molecule has 5 heteroatoms. The second kappa shape index (κ2) is 7.48. The Balaban J connectivity index is 1.87. The number of anilines is 2. The molecule has 0 fully saturated rings. The first-order chi connectivity index (χ1) is 10.6. The minimum atomic E-state index is -0.137. The minimum Gasteiger partial charge on any atom is -0.384 e. The van der Waals surface area contributed by atoms with Crippen molar-refractivity contribution in [2.45, 2.75) is 13.3 Å². The molecule has 2 aromatic rings. The third-order valence-electron chi connectivity index (χ3n) is 3.18. The standard InChI is InChI=1S/C17H16ClN3O/c1-12-10-14(18)6-7-15(12)20-9-8-17(22)21-16-5-3-2-4-13(16)11-19/h2-7,10,20H,8-9H2,1H3,(H,21,22). The molecule has 0 unspecified atom stereocenters. The van der Waals surface area contributed by atoms with E-state index in [0.717, 1.165) is 11.3 Å². The highest BCUT2D eigenvalue weighted by Gasteiger charge is 2.06. The van der Waals surface area contributed by atoms with E-state index in [4.69, 9.17) is 16.9 Å². The van der Waals surface area contributed by atoms with Gasteiger partial charge in [0.1, 0.15) is 6.07 Å². The van der Waals surface area contributed by atoms with Crippen molar-refractivity contribution in [1.29, 1.82) is 5.26 Å². The van der Waals surface area contributed by atoms with Crippen LogP contribution in [0.1, 0.15) is 17.5 Å². The fraction of sp³-hybridized carbons (Fsp3) is 0.176. The smallest absolute Gasteiger partial charge is 0.226 e. The number of halogens is 1. The lowest BCUT2D eigenvalue weighted by atomic mass is 10.2. The maximum absolute atomic E-state index is 11.9. The third kappa shape index (κ3) is 4.24. The maximum atomic E-state index is 11.9. The number of benzene rings is 2. The molecular formula is C17H16ClN3O. The number of rotatable bonds is 5. The maximum Gasteiger partial charge on any atom is 0.226 e. The number of carbonyl (C=O) groups is 1. The molecule has 2 aromatic carbocycles. The largest absolute Gasteiger partial charge is 0.384 e. The van der Waals surface area contributed by atoms with Gasteiger partial charge in [0.15, 0.2) is 0 Å². The molecular weight excluding hydrogens is 298 g/mol. The molecule has 0 aliphatic carbocycles. The van der Waals surface area contributed by atoms with Gasteiger partial charge in [-0.25, -0.2) is 0 Å². The zero-order chi connectivity index (χ0) is 15.9. The number of carbonyl (C=O) groups excluding carboxylic acids is 1. The molecule has 22 heavy (non-hydrogen) atoms. The van der Waals surface area contributed by atoms with Crippen LogP contribution in [0.15, 0.2) is 42.5 Å². The first kappa shape index (κ1) is 15.9. The van der Waals surface area contributed by atoms with Gasteiger partial charge in [0.05, 0.1) is 11.3 Å². The molecule has 0 radical (unpaired) electrons. The number of nitriles is 1. The number of nitrogens with zero attached hydrogens (tertiary/aromatic N) is 1. The topological polar surface area (TPSA) is 64.9 Å². The number of amides is 1. The predicted octanol–water partition coefficient (Wildman–Crippen LogP) is 3.96. The zero-order valence-corrected chi connectivity index (χ0v) is 12.9. The summed E-state index contributed by atoms with van der Waals surface area (Å²) in [6, 6.07) is 14.5. The van der Waals surface area contributed by atoms with Crippen LogP contribution in [0.5, 0.6) is 0 Å². The lowest BCUT2D eigenvalue weighted by Gasteiger charge is -2.10. The van der Waals surface area contributed by atoms with Crippen LogP contribution in [-0.4, -0.2) is 12.5 Å². The summed E-state index contributed by atoms with van der Waals surface area (Å²) in [5.41, 5.74) is 2.98. The lowest BCUT2D eigenvalue weighted by molar-refractivity contribution is -0.115. The van der Waals surface area contributed by atoms with Gasteiger partial charge in [-0.05, 0) is 42.8 Å². The highest BCUT2D eigenvalue weighted by atomic mass is 35.5. The fourth-order valence-electron chi connectivity index (χ4n) is 2.04. The van der Waals surface area contributed by atoms with Crippen molar-refractivity contribution in [3.63, 3.8) is 0 Å². The van der Waals surface area contributed by atoms with E-state index in [9.17, 15) is 4.79 Å². The Bertz CT molecular complexity index is 722. The van der Waals surface area contributed by atoms with Crippen LogP contribution >= 0.6 is 11.6 Å². The van der Waals surface area contributed by atoms with Crippen LogP contribution in [0, 0.1) is 18.3 Å². The van der Waals surface area contributed by atoms with Crippen LogP contribution in [0.4, 0.5) is 11.4 Å². The van der Waals surface area contributed by atoms with Crippen molar-refractivity contribution in [1.82, 2.24) is 0 Å². The molecule has 0 aliphatic rings. The van der Waals surface area contributed by atoms with E-state index in [-0.39, 0.29) is 5.91 Å². The van der Waals surface area contributed by atoms with E-state index in [0.29, 0.717) is 29.2 Å². The van der Waals surface area contributed by atoms with E-state index in [1.54, 1.807) is 30.3 Å². The predicted molar refractivity (Wildman–Crippen MR) is 89.1 cm³/mol.